The van der Waals surface area contributed by atoms with Crippen molar-refractivity contribution in [1.82, 2.24) is 15.5 Å². The molecule has 2 amide bonds. The second-order valence-corrected chi connectivity index (χ2v) is 7.61. The number of carbonyl (C=O) groups is 2. The number of hydrogen-bond donors (Lipinski definition) is 2. The lowest BCUT2D eigenvalue weighted by Gasteiger charge is -2.27. The highest BCUT2D eigenvalue weighted by molar-refractivity contribution is 7.07. The number of nitrogens with one attached hydrogen (secondary N) is 2. The summed E-state index contributed by atoms with van der Waals surface area (Å²) < 4.78 is 0. The van der Waals surface area contributed by atoms with Gasteiger partial charge in [0.2, 0.25) is 0 Å². The van der Waals surface area contributed by atoms with E-state index in [0.717, 1.165) is 38.8 Å². The summed E-state index contributed by atoms with van der Waals surface area (Å²) in [6.45, 7) is 2.61. The topological polar surface area (TPSA) is 61.4 Å². The van der Waals surface area contributed by atoms with E-state index in [1.165, 1.54) is 24.8 Å². The van der Waals surface area contributed by atoms with E-state index in [9.17, 15) is 9.59 Å². The Balaban J connectivity index is 1.51. The largest absolute Gasteiger partial charge is 0.346 e. The minimum atomic E-state index is -0.500. The summed E-state index contributed by atoms with van der Waals surface area (Å²) in [6, 6.07) is 2.45. The average Bonchev–Trinajstić information content (AvgIpc) is 3.30. The molecule has 2 fully saturated rings. The van der Waals surface area contributed by atoms with E-state index in [0.29, 0.717) is 6.54 Å². The molecule has 0 bridgehead atoms. The molecule has 1 aliphatic carbocycles. The average molecular weight is 350 g/mol. The fourth-order valence-electron chi connectivity index (χ4n) is 3.74. The molecule has 1 unspecified atom stereocenters. The third-order valence-corrected chi connectivity index (χ3v) is 5.81. The molecular weight excluding hydrogens is 322 g/mol. The van der Waals surface area contributed by atoms with E-state index in [-0.39, 0.29) is 12.1 Å². The molecule has 1 aromatic heterocycles. The minimum Gasteiger partial charge on any atom is -0.346 e. The monoisotopic (exact) mass is 349 g/mol. The molecule has 5 nitrogen and oxygen atoms in total. The number of carbonyl (C=O) groups excluding carboxylic acids is 2. The van der Waals surface area contributed by atoms with Gasteiger partial charge in [0.05, 0.1) is 6.04 Å². The van der Waals surface area contributed by atoms with Crippen molar-refractivity contribution in [3.05, 3.63) is 22.4 Å². The number of hydrogen-bond acceptors (Lipinski definition) is 4. The lowest BCUT2D eigenvalue weighted by Crippen LogP contribution is -2.47. The van der Waals surface area contributed by atoms with Crippen molar-refractivity contribution < 1.29 is 9.59 Å². The van der Waals surface area contributed by atoms with E-state index in [1.807, 2.05) is 0 Å². The van der Waals surface area contributed by atoms with Gasteiger partial charge in [0.1, 0.15) is 0 Å². The predicted molar refractivity (Wildman–Crippen MR) is 95.9 cm³/mol. The second-order valence-electron chi connectivity index (χ2n) is 6.83. The SMILES string of the molecule is O=C(NCC(c1ccsc1)N1CCCC1)C(=O)NC1CCCCC1. The zero-order valence-corrected chi connectivity index (χ0v) is 14.9. The first-order valence-corrected chi connectivity index (χ1v) is 10.0. The quantitative estimate of drug-likeness (QED) is 0.803. The first-order chi connectivity index (χ1) is 11.7. The zero-order chi connectivity index (χ0) is 16.8. The molecule has 0 aromatic carbocycles. The number of thiophene rings is 1. The number of nitrogens with zero attached hydrogens (tertiary/aromatic N) is 1. The summed E-state index contributed by atoms with van der Waals surface area (Å²) in [6.07, 6.45) is 7.91. The summed E-state index contributed by atoms with van der Waals surface area (Å²) in [5.41, 5.74) is 1.23. The van der Waals surface area contributed by atoms with Crippen LogP contribution in [0.15, 0.2) is 16.8 Å². The van der Waals surface area contributed by atoms with Gasteiger partial charge < -0.3 is 10.6 Å². The highest BCUT2D eigenvalue weighted by atomic mass is 32.1. The third kappa shape index (κ3) is 4.57. The third-order valence-electron chi connectivity index (χ3n) is 5.11. The Kier molecular flexibility index (Phi) is 6.26. The molecule has 1 saturated heterocycles. The molecule has 1 saturated carbocycles. The normalized spacial score (nSPS) is 20.7. The Hall–Kier alpha value is -1.40. The predicted octanol–water partition coefficient (Wildman–Crippen LogP) is 2.45. The molecule has 1 aromatic rings. The molecule has 2 N–H and O–H groups in total. The maximum Gasteiger partial charge on any atom is 0.309 e. The zero-order valence-electron chi connectivity index (χ0n) is 14.1. The Labute approximate surface area is 147 Å². The molecule has 3 rings (SSSR count). The molecule has 1 atom stereocenters. The van der Waals surface area contributed by atoms with Crippen molar-refractivity contribution in [2.24, 2.45) is 0 Å². The van der Waals surface area contributed by atoms with Gasteiger partial charge in [-0.3, -0.25) is 14.5 Å². The van der Waals surface area contributed by atoms with Crippen LogP contribution >= 0.6 is 11.3 Å². The lowest BCUT2D eigenvalue weighted by molar-refractivity contribution is -0.139. The van der Waals surface area contributed by atoms with Crippen molar-refractivity contribution in [2.75, 3.05) is 19.6 Å². The van der Waals surface area contributed by atoms with Crippen LogP contribution in [0.1, 0.15) is 56.6 Å². The molecule has 2 heterocycles. The van der Waals surface area contributed by atoms with E-state index in [1.54, 1.807) is 11.3 Å². The van der Waals surface area contributed by atoms with Gasteiger partial charge in [-0.05, 0) is 61.2 Å². The van der Waals surface area contributed by atoms with Crippen LogP contribution < -0.4 is 10.6 Å². The Morgan fingerprint density at radius 1 is 1.12 bits per heavy atom. The van der Waals surface area contributed by atoms with Gasteiger partial charge >= 0.3 is 11.8 Å². The highest BCUT2D eigenvalue weighted by Crippen LogP contribution is 2.26. The maximum absolute atomic E-state index is 12.2. The van der Waals surface area contributed by atoms with Crippen molar-refractivity contribution in [3.63, 3.8) is 0 Å². The van der Waals surface area contributed by atoms with Crippen molar-refractivity contribution in [3.8, 4) is 0 Å². The highest BCUT2D eigenvalue weighted by Gasteiger charge is 2.26. The van der Waals surface area contributed by atoms with Gasteiger partial charge in [-0.15, -0.1) is 0 Å². The Bertz CT molecular complexity index is 534. The number of likely N-dealkylation sites (tertiary alicyclic amines) is 1. The molecule has 1 aliphatic heterocycles. The van der Waals surface area contributed by atoms with E-state index < -0.39 is 11.8 Å². The van der Waals surface area contributed by atoms with Crippen molar-refractivity contribution in [2.45, 2.75) is 57.0 Å². The number of rotatable bonds is 5. The van der Waals surface area contributed by atoms with Gasteiger partial charge in [-0.25, -0.2) is 0 Å². The molecule has 2 aliphatic rings. The molecule has 0 radical (unpaired) electrons. The van der Waals surface area contributed by atoms with Gasteiger partial charge in [-0.1, -0.05) is 19.3 Å². The minimum absolute atomic E-state index is 0.170. The van der Waals surface area contributed by atoms with Crippen LogP contribution in [-0.4, -0.2) is 42.4 Å². The molecule has 6 heteroatoms. The molecular formula is C18H27N3O2S. The van der Waals surface area contributed by atoms with Crippen LogP contribution in [0.4, 0.5) is 0 Å². The smallest absolute Gasteiger partial charge is 0.309 e. The van der Waals surface area contributed by atoms with E-state index in [2.05, 4.69) is 32.4 Å². The van der Waals surface area contributed by atoms with Gasteiger partial charge in [0.15, 0.2) is 0 Å². The Morgan fingerprint density at radius 2 is 1.88 bits per heavy atom. The van der Waals surface area contributed by atoms with Crippen molar-refractivity contribution >= 4 is 23.2 Å². The van der Waals surface area contributed by atoms with Crippen molar-refractivity contribution in [1.29, 1.82) is 0 Å². The first kappa shape index (κ1) is 17.4. The molecule has 24 heavy (non-hydrogen) atoms. The second kappa shape index (κ2) is 8.62. The van der Waals surface area contributed by atoms with Crippen LogP contribution in [0, 0.1) is 0 Å². The Morgan fingerprint density at radius 3 is 2.54 bits per heavy atom. The van der Waals surface area contributed by atoms with Gasteiger partial charge in [0, 0.05) is 12.6 Å². The van der Waals surface area contributed by atoms with Crippen LogP contribution in [0.25, 0.3) is 0 Å². The number of amides is 2. The van der Waals surface area contributed by atoms with E-state index in [4.69, 9.17) is 0 Å². The summed E-state index contributed by atoms with van der Waals surface area (Å²) >= 11 is 1.67. The summed E-state index contributed by atoms with van der Waals surface area (Å²) in [5, 5.41) is 9.94. The standard InChI is InChI=1S/C18H27N3O2S/c22-17(18(23)20-15-6-2-1-3-7-15)19-12-16(14-8-11-24-13-14)21-9-4-5-10-21/h8,11,13,15-16H,1-7,9-10,12H2,(H,19,22)(H,20,23). The van der Waals surface area contributed by atoms with Gasteiger partial charge in [0.25, 0.3) is 0 Å². The van der Waals surface area contributed by atoms with Crippen LogP contribution in [0.5, 0.6) is 0 Å². The fraction of sp³-hybridized carbons (Fsp3) is 0.667. The fourth-order valence-corrected chi connectivity index (χ4v) is 4.45. The van der Waals surface area contributed by atoms with E-state index >= 15 is 0 Å². The maximum atomic E-state index is 12.2. The van der Waals surface area contributed by atoms with Gasteiger partial charge in [-0.2, -0.15) is 11.3 Å². The van der Waals surface area contributed by atoms with Crippen LogP contribution in [0.3, 0.4) is 0 Å². The van der Waals surface area contributed by atoms with Crippen LogP contribution in [-0.2, 0) is 9.59 Å². The molecule has 0 spiro atoms. The summed E-state index contributed by atoms with van der Waals surface area (Å²) in [7, 11) is 0. The molecule has 132 valence electrons. The lowest BCUT2D eigenvalue weighted by atomic mass is 9.95. The summed E-state index contributed by atoms with van der Waals surface area (Å²) in [5.74, 6) is -0.979. The van der Waals surface area contributed by atoms with Crippen LogP contribution in [0.2, 0.25) is 0 Å². The first-order valence-electron chi connectivity index (χ1n) is 9.09. The summed E-state index contributed by atoms with van der Waals surface area (Å²) in [4.78, 5) is 26.7.